The lowest BCUT2D eigenvalue weighted by Gasteiger charge is -2.38. The highest BCUT2D eigenvalue weighted by Gasteiger charge is 2.79. The monoisotopic (exact) mass is 766 g/mol. The molecule has 290 valence electrons. The lowest BCUT2D eigenvalue weighted by molar-refractivity contribution is -0.241. The third-order valence-electron chi connectivity index (χ3n) is 10.7. The summed E-state index contributed by atoms with van der Waals surface area (Å²) < 4.78 is 35.1. The first-order valence-corrected chi connectivity index (χ1v) is 19.1. The molecule has 13 nitrogen and oxygen atoms in total. The van der Waals surface area contributed by atoms with E-state index in [9.17, 15) is 9.59 Å². The quantitative estimate of drug-likeness (QED) is 0.124. The van der Waals surface area contributed by atoms with Gasteiger partial charge in [-0.3, -0.25) is 14.7 Å². The topological polar surface area (TPSA) is 139 Å². The lowest BCUT2D eigenvalue weighted by Crippen LogP contribution is -2.53. The first-order chi connectivity index (χ1) is 27.8. The number of nitrogens with zero attached hydrogens (tertiary/aromatic N) is 5. The average Bonchev–Trinajstić information content (AvgIpc) is 3.68. The second-order valence-electron chi connectivity index (χ2n) is 14.9. The minimum Gasteiger partial charge on any atom is -0.388 e. The molecule has 6 aromatic rings. The van der Waals surface area contributed by atoms with Gasteiger partial charge in [-0.15, -0.1) is 0 Å². The number of ether oxygens (including phenoxy) is 5. The van der Waals surface area contributed by atoms with Gasteiger partial charge in [-0.05, 0) is 48.2 Å². The van der Waals surface area contributed by atoms with Crippen LogP contribution in [0.4, 0.5) is 22.1 Å². The predicted molar refractivity (Wildman–Crippen MR) is 211 cm³/mol. The maximum absolute atomic E-state index is 14.2. The van der Waals surface area contributed by atoms with E-state index in [2.05, 4.69) is 15.3 Å². The number of hydrogen-bond donors (Lipinski definition) is 1. The molecule has 57 heavy (non-hydrogen) atoms. The Morgan fingerprint density at radius 3 is 2.02 bits per heavy atom. The first kappa shape index (κ1) is 36.6. The molecule has 2 bridgehead atoms. The van der Waals surface area contributed by atoms with E-state index in [4.69, 9.17) is 28.7 Å². The SMILES string of the molecule is CC(C)C(=O)Nc1nc(OC(=O)N(c2ccccc2)c2ccccc2)c2ncn(C3OC4(COCc5ccccc5)C(OCc5ccccc5)C3OC43CC3)c2n1. The number of imidazole rings is 1. The zero-order chi connectivity index (χ0) is 39.0. The van der Waals surface area contributed by atoms with Crippen LogP contribution in [0.15, 0.2) is 128 Å². The molecule has 4 unspecified atom stereocenters. The summed E-state index contributed by atoms with van der Waals surface area (Å²) in [4.78, 5) is 42.5. The molecule has 1 aliphatic carbocycles. The Labute approximate surface area is 329 Å². The van der Waals surface area contributed by atoms with Gasteiger partial charge in [-0.25, -0.2) is 14.7 Å². The molecule has 3 fully saturated rings. The molecule has 3 aliphatic rings. The molecule has 1 saturated carbocycles. The highest BCUT2D eigenvalue weighted by Crippen LogP contribution is 2.65. The van der Waals surface area contributed by atoms with Crippen LogP contribution in [0.2, 0.25) is 0 Å². The van der Waals surface area contributed by atoms with Crippen molar-refractivity contribution in [1.29, 1.82) is 0 Å². The molecular weight excluding hydrogens is 725 g/mol. The summed E-state index contributed by atoms with van der Waals surface area (Å²) in [6.45, 7) is 4.49. The zero-order valence-corrected chi connectivity index (χ0v) is 31.6. The summed E-state index contributed by atoms with van der Waals surface area (Å²) in [6.07, 6.45) is 0.583. The molecule has 2 aliphatic heterocycles. The number of carbonyl (C=O) groups excluding carboxylic acids is 2. The summed E-state index contributed by atoms with van der Waals surface area (Å²) in [7, 11) is 0. The Balaban J connectivity index is 1.08. The Bertz CT molecular complexity index is 2320. The van der Waals surface area contributed by atoms with Crippen LogP contribution >= 0.6 is 0 Å². The minimum absolute atomic E-state index is 0.0581. The molecule has 2 aromatic heterocycles. The fourth-order valence-electron chi connectivity index (χ4n) is 7.71. The molecule has 13 heteroatoms. The minimum atomic E-state index is -0.953. The molecule has 9 rings (SSSR count). The van der Waals surface area contributed by atoms with Crippen molar-refractivity contribution in [3.8, 4) is 5.88 Å². The molecule has 1 spiro atoms. The van der Waals surface area contributed by atoms with E-state index >= 15 is 0 Å². The van der Waals surface area contributed by atoms with E-state index < -0.39 is 35.7 Å². The van der Waals surface area contributed by atoms with Gasteiger partial charge in [0.15, 0.2) is 23.0 Å². The van der Waals surface area contributed by atoms with Gasteiger partial charge in [0.25, 0.3) is 5.88 Å². The Morgan fingerprint density at radius 1 is 0.825 bits per heavy atom. The number of carbonyl (C=O) groups is 2. The molecule has 2 saturated heterocycles. The maximum atomic E-state index is 14.2. The van der Waals surface area contributed by atoms with Crippen molar-refractivity contribution in [1.82, 2.24) is 19.5 Å². The van der Waals surface area contributed by atoms with Crippen LogP contribution in [0.3, 0.4) is 0 Å². The van der Waals surface area contributed by atoms with Crippen molar-refractivity contribution < 1.29 is 33.3 Å². The number of fused-ring (bicyclic) bond motifs is 4. The van der Waals surface area contributed by atoms with Gasteiger partial charge in [0.2, 0.25) is 11.9 Å². The third-order valence-corrected chi connectivity index (χ3v) is 10.7. The van der Waals surface area contributed by atoms with E-state index in [-0.39, 0.29) is 41.4 Å². The third kappa shape index (κ3) is 6.93. The zero-order valence-electron chi connectivity index (χ0n) is 31.6. The highest BCUT2D eigenvalue weighted by atomic mass is 16.7. The van der Waals surface area contributed by atoms with Crippen molar-refractivity contribution in [2.45, 2.75) is 69.5 Å². The van der Waals surface area contributed by atoms with Crippen LogP contribution in [-0.4, -0.2) is 61.5 Å². The van der Waals surface area contributed by atoms with Crippen LogP contribution in [0, 0.1) is 5.92 Å². The summed E-state index contributed by atoms with van der Waals surface area (Å²) in [5, 5.41) is 2.78. The van der Waals surface area contributed by atoms with Crippen LogP contribution in [0.1, 0.15) is 44.0 Å². The van der Waals surface area contributed by atoms with Gasteiger partial charge in [-0.1, -0.05) is 111 Å². The highest BCUT2D eigenvalue weighted by molar-refractivity contribution is 5.98. The van der Waals surface area contributed by atoms with E-state index in [1.54, 1.807) is 24.7 Å². The Morgan fingerprint density at radius 2 is 1.42 bits per heavy atom. The fourth-order valence-corrected chi connectivity index (χ4v) is 7.71. The van der Waals surface area contributed by atoms with Crippen LogP contribution in [-0.2, 0) is 37.0 Å². The van der Waals surface area contributed by atoms with Crippen molar-refractivity contribution in [2.75, 3.05) is 16.8 Å². The summed E-state index contributed by atoms with van der Waals surface area (Å²) in [5.41, 5.74) is 2.16. The van der Waals surface area contributed by atoms with Gasteiger partial charge < -0.3 is 23.7 Å². The summed E-state index contributed by atoms with van der Waals surface area (Å²) in [5.74, 6) is -0.883. The van der Waals surface area contributed by atoms with Crippen LogP contribution in [0.5, 0.6) is 5.88 Å². The number of para-hydroxylation sites is 2. The summed E-state index contributed by atoms with van der Waals surface area (Å²) >= 11 is 0. The van der Waals surface area contributed by atoms with Crippen LogP contribution < -0.4 is 15.0 Å². The summed E-state index contributed by atoms with van der Waals surface area (Å²) in [6, 6.07) is 38.3. The lowest BCUT2D eigenvalue weighted by atomic mass is 9.91. The Hall–Kier alpha value is -5.99. The standard InChI is InChI=1S/C44H42N6O7/c1-29(2)38(51)47-41-46-37-34(39(48-41)55-42(52)50(32-19-11-5-12-20-32)33-21-13-6-14-22-33)45-28-49(37)40-35-36(54-26-31-17-9-4-10-18-31)44(57-40,43(56-35)23-24-43)27-53-25-30-15-7-3-8-16-30/h3-22,28-29,35-36,40H,23-27H2,1-2H3,(H,46,47,48,51). The molecular formula is C44H42N6O7. The van der Waals surface area contributed by atoms with Crippen molar-refractivity contribution in [3.63, 3.8) is 0 Å². The van der Waals surface area contributed by atoms with Crippen LogP contribution in [0.25, 0.3) is 11.2 Å². The number of anilines is 3. The average molecular weight is 767 g/mol. The van der Waals surface area contributed by atoms with Gasteiger partial charge in [0.05, 0.1) is 37.5 Å². The normalized spacial score (nSPS) is 21.6. The van der Waals surface area contributed by atoms with Crippen molar-refractivity contribution in [2.24, 2.45) is 5.92 Å². The molecule has 0 radical (unpaired) electrons. The number of benzene rings is 4. The fraction of sp³-hybridized carbons (Fsp3) is 0.295. The van der Waals surface area contributed by atoms with Crippen molar-refractivity contribution in [3.05, 3.63) is 139 Å². The second kappa shape index (κ2) is 15.2. The molecule has 4 heterocycles. The molecule has 4 atom stereocenters. The maximum Gasteiger partial charge on any atom is 0.425 e. The van der Waals surface area contributed by atoms with Gasteiger partial charge in [0, 0.05) is 5.92 Å². The van der Waals surface area contributed by atoms with E-state index in [0.717, 1.165) is 24.0 Å². The number of hydrogen-bond acceptors (Lipinski definition) is 10. The number of aromatic nitrogens is 4. The first-order valence-electron chi connectivity index (χ1n) is 19.1. The molecule has 4 aromatic carbocycles. The van der Waals surface area contributed by atoms with E-state index in [1.807, 2.05) is 121 Å². The largest absolute Gasteiger partial charge is 0.425 e. The van der Waals surface area contributed by atoms with Gasteiger partial charge >= 0.3 is 6.09 Å². The molecule has 2 amide bonds. The number of amides is 2. The van der Waals surface area contributed by atoms with Gasteiger partial charge in [-0.2, -0.15) is 9.97 Å². The van der Waals surface area contributed by atoms with E-state index in [0.29, 0.717) is 24.6 Å². The predicted octanol–water partition coefficient (Wildman–Crippen LogP) is 7.76. The van der Waals surface area contributed by atoms with Crippen molar-refractivity contribution >= 4 is 40.5 Å². The second-order valence-corrected chi connectivity index (χ2v) is 14.9. The Kier molecular flexibility index (Phi) is 9.75. The van der Waals surface area contributed by atoms with Gasteiger partial charge in [0.1, 0.15) is 17.8 Å². The van der Waals surface area contributed by atoms with E-state index in [1.165, 1.54) is 4.90 Å². The smallest absolute Gasteiger partial charge is 0.388 e. The number of rotatable bonds is 13. The number of nitrogens with one attached hydrogen (secondary N) is 1. The molecule has 1 N–H and O–H groups in total.